The lowest BCUT2D eigenvalue weighted by Crippen LogP contribution is -2.46. The molecule has 1 aromatic heterocycles. The molecule has 0 amide bonds. The van der Waals surface area contributed by atoms with Gasteiger partial charge in [-0.25, -0.2) is 0 Å². The lowest BCUT2D eigenvalue weighted by atomic mass is 9.86. The Morgan fingerprint density at radius 2 is 1.64 bits per heavy atom. The average molecular weight is 529 g/mol. The van der Waals surface area contributed by atoms with Gasteiger partial charge in [0, 0.05) is 55.1 Å². The summed E-state index contributed by atoms with van der Waals surface area (Å²) in [6.07, 6.45) is 1.13. The third-order valence-corrected chi connectivity index (χ3v) is 7.58. The summed E-state index contributed by atoms with van der Waals surface area (Å²) in [7, 11) is 4.73. The molecule has 6 rings (SSSR count). The number of carbonyl (C=O) groups is 1. The van der Waals surface area contributed by atoms with E-state index in [4.69, 9.17) is 18.7 Å². The highest BCUT2D eigenvalue weighted by Crippen LogP contribution is 2.47. The summed E-state index contributed by atoms with van der Waals surface area (Å²) < 4.78 is 22.6. The normalized spacial score (nSPS) is 14.9. The van der Waals surface area contributed by atoms with E-state index in [1.54, 1.807) is 21.3 Å². The van der Waals surface area contributed by atoms with Gasteiger partial charge in [-0.05, 0) is 19.0 Å². The molecule has 9 nitrogen and oxygen atoms in total. The smallest absolute Gasteiger partial charge is 0.203 e. The molecule has 202 valence electrons. The molecule has 39 heavy (non-hydrogen) atoms. The Morgan fingerprint density at radius 3 is 2.28 bits per heavy atom. The fraction of sp³-hybridized carbons (Fsp3) is 0.333. The fourth-order valence-electron chi connectivity index (χ4n) is 5.72. The number of ether oxygens (including phenoxy) is 3. The molecule has 2 heterocycles. The van der Waals surface area contributed by atoms with E-state index in [0.29, 0.717) is 51.0 Å². The van der Waals surface area contributed by atoms with Crippen molar-refractivity contribution in [2.45, 2.75) is 13.3 Å². The van der Waals surface area contributed by atoms with Crippen LogP contribution in [0, 0.1) is 0 Å². The maximum absolute atomic E-state index is 14.0. The molecule has 1 saturated heterocycles. The van der Waals surface area contributed by atoms with Gasteiger partial charge in [-0.1, -0.05) is 36.3 Å². The molecule has 4 aromatic rings. The second kappa shape index (κ2) is 10.1. The molecule has 0 bridgehead atoms. The summed E-state index contributed by atoms with van der Waals surface area (Å²) in [5.74, 6) is 2.09. The van der Waals surface area contributed by atoms with Gasteiger partial charge in [0.1, 0.15) is 5.52 Å². The van der Waals surface area contributed by atoms with Crippen molar-refractivity contribution in [3.05, 3.63) is 53.6 Å². The van der Waals surface area contributed by atoms with E-state index < -0.39 is 0 Å². The van der Waals surface area contributed by atoms with Gasteiger partial charge in [0.2, 0.25) is 5.75 Å². The SMILES string of the molecule is CCCN1CCN(c2cc(Nc3cc(OC)c(OC)c(OC)c3)c3c4c(onc24)-c2ccccc2C3=O)CC1. The molecule has 1 aliphatic carbocycles. The van der Waals surface area contributed by atoms with Crippen LogP contribution in [0.2, 0.25) is 0 Å². The van der Waals surface area contributed by atoms with Crippen molar-refractivity contribution in [1.29, 1.82) is 0 Å². The number of carbonyl (C=O) groups excluding carboxylic acids is 1. The number of ketones is 1. The number of hydrogen-bond acceptors (Lipinski definition) is 9. The molecule has 0 radical (unpaired) electrons. The van der Waals surface area contributed by atoms with E-state index in [9.17, 15) is 4.79 Å². The molecule has 0 atom stereocenters. The van der Waals surface area contributed by atoms with Crippen LogP contribution in [-0.2, 0) is 0 Å². The van der Waals surface area contributed by atoms with Gasteiger partial charge in [0.15, 0.2) is 23.0 Å². The number of rotatable bonds is 8. The summed E-state index contributed by atoms with van der Waals surface area (Å²) >= 11 is 0. The second-order valence-electron chi connectivity index (χ2n) is 9.80. The summed E-state index contributed by atoms with van der Waals surface area (Å²) in [5, 5.41) is 8.75. The quantitative estimate of drug-likeness (QED) is 0.287. The maximum atomic E-state index is 14.0. The first-order chi connectivity index (χ1) is 19.1. The number of anilines is 3. The summed E-state index contributed by atoms with van der Waals surface area (Å²) in [6.45, 7) is 6.98. The Labute approximate surface area is 227 Å². The second-order valence-corrected chi connectivity index (χ2v) is 9.80. The summed E-state index contributed by atoms with van der Waals surface area (Å²) in [6, 6.07) is 13.2. The Morgan fingerprint density at radius 1 is 0.949 bits per heavy atom. The zero-order chi connectivity index (χ0) is 27.1. The van der Waals surface area contributed by atoms with Crippen LogP contribution < -0.4 is 24.4 Å². The van der Waals surface area contributed by atoms with E-state index in [-0.39, 0.29) is 5.78 Å². The largest absolute Gasteiger partial charge is 0.493 e. The van der Waals surface area contributed by atoms with Crippen molar-refractivity contribution in [2.24, 2.45) is 0 Å². The molecule has 3 aromatic carbocycles. The van der Waals surface area contributed by atoms with Gasteiger partial charge in [0.25, 0.3) is 0 Å². The van der Waals surface area contributed by atoms with Crippen LogP contribution in [0.5, 0.6) is 17.2 Å². The number of methoxy groups -OCH3 is 3. The Kier molecular flexibility index (Phi) is 6.52. The molecule has 0 unspecified atom stereocenters. The first kappa shape index (κ1) is 25.1. The highest BCUT2D eigenvalue weighted by Gasteiger charge is 2.34. The number of nitrogens with one attached hydrogen (secondary N) is 1. The highest BCUT2D eigenvalue weighted by atomic mass is 16.5. The lowest BCUT2D eigenvalue weighted by molar-refractivity contribution is 0.104. The van der Waals surface area contributed by atoms with E-state index in [1.165, 1.54) is 0 Å². The average Bonchev–Trinajstić information content (AvgIpc) is 3.41. The highest BCUT2D eigenvalue weighted by molar-refractivity contribution is 6.28. The van der Waals surface area contributed by atoms with Crippen molar-refractivity contribution in [1.82, 2.24) is 10.1 Å². The zero-order valence-corrected chi connectivity index (χ0v) is 22.7. The first-order valence-corrected chi connectivity index (χ1v) is 13.2. The van der Waals surface area contributed by atoms with Crippen LogP contribution in [0.15, 0.2) is 47.0 Å². The van der Waals surface area contributed by atoms with Gasteiger partial charge in [-0.2, -0.15) is 0 Å². The Bertz CT molecular complexity index is 1530. The number of aromatic nitrogens is 1. The minimum absolute atomic E-state index is 0.0689. The van der Waals surface area contributed by atoms with Crippen molar-refractivity contribution in [3.63, 3.8) is 0 Å². The maximum Gasteiger partial charge on any atom is 0.203 e. The van der Waals surface area contributed by atoms with Crippen LogP contribution in [0.3, 0.4) is 0 Å². The minimum Gasteiger partial charge on any atom is -0.493 e. The van der Waals surface area contributed by atoms with Gasteiger partial charge in [0.05, 0.1) is 43.7 Å². The fourth-order valence-corrected chi connectivity index (χ4v) is 5.72. The predicted octanol–water partition coefficient (Wildman–Crippen LogP) is 5.34. The number of hydrogen-bond donors (Lipinski definition) is 1. The van der Waals surface area contributed by atoms with Crippen molar-refractivity contribution < 1.29 is 23.5 Å². The molecule has 2 aliphatic rings. The Hall–Kier alpha value is -4.24. The van der Waals surface area contributed by atoms with Crippen LogP contribution >= 0.6 is 0 Å². The molecule has 9 heteroatoms. The van der Waals surface area contributed by atoms with Crippen molar-refractivity contribution >= 4 is 33.7 Å². The third-order valence-electron chi connectivity index (χ3n) is 7.58. The Balaban J connectivity index is 1.52. The third kappa shape index (κ3) is 4.13. The molecule has 0 spiro atoms. The standard InChI is InChI=1S/C30H32N4O5/c1-5-10-33-11-13-34(14-12-33)22-17-21(31-18-15-23(36-2)30(38-4)24(16-18)37-3)25-26-27(22)32-39-29(26)20-9-7-6-8-19(20)28(25)35/h6-9,15-17,31H,5,10-14H2,1-4H3. The number of nitrogens with zero attached hydrogens (tertiary/aromatic N) is 3. The van der Waals surface area contributed by atoms with Gasteiger partial charge < -0.3 is 29.0 Å². The van der Waals surface area contributed by atoms with Gasteiger partial charge in [-0.15, -0.1) is 0 Å². The number of fused-ring (bicyclic) bond motifs is 2. The van der Waals surface area contributed by atoms with E-state index in [2.05, 4.69) is 27.2 Å². The van der Waals surface area contributed by atoms with E-state index >= 15 is 0 Å². The van der Waals surface area contributed by atoms with Crippen molar-refractivity contribution in [3.8, 4) is 28.6 Å². The lowest BCUT2D eigenvalue weighted by Gasteiger charge is -2.36. The molecule has 1 fully saturated rings. The molecule has 1 aliphatic heterocycles. The van der Waals surface area contributed by atoms with Crippen molar-refractivity contribution in [2.75, 3.05) is 64.3 Å². The minimum atomic E-state index is -0.0689. The van der Waals surface area contributed by atoms with Crippen LogP contribution in [-0.4, -0.2) is 69.9 Å². The van der Waals surface area contributed by atoms with Crippen LogP contribution in [0.4, 0.5) is 17.1 Å². The topological polar surface area (TPSA) is 89.3 Å². The zero-order valence-electron chi connectivity index (χ0n) is 22.7. The predicted molar refractivity (Wildman–Crippen MR) is 151 cm³/mol. The van der Waals surface area contributed by atoms with Gasteiger partial charge in [-0.3, -0.25) is 9.69 Å². The van der Waals surface area contributed by atoms with Gasteiger partial charge >= 0.3 is 0 Å². The van der Waals surface area contributed by atoms with Crippen LogP contribution in [0.1, 0.15) is 29.3 Å². The summed E-state index contributed by atoms with van der Waals surface area (Å²) in [4.78, 5) is 18.8. The molecular formula is C30H32N4O5. The summed E-state index contributed by atoms with van der Waals surface area (Å²) in [5.41, 5.74) is 4.93. The molecule has 1 N–H and O–H groups in total. The number of piperazine rings is 1. The number of benzene rings is 3. The van der Waals surface area contributed by atoms with E-state index in [0.717, 1.165) is 55.8 Å². The first-order valence-electron chi connectivity index (χ1n) is 13.2. The van der Waals surface area contributed by atoms with Crippen LogP contribution in [0.25, 0.3) is 22.2 Å². The van der Waals surface area contributed by atoms with E-state index in [1.807, 2.05) is 42.5 Å². The molecule has 0 saturated carbocycles. The monoisotopic (exact) mass is 528 g/mol. The molecular weight excluding hydrogens is 496 g/mol.